The van der Waals surface area contributed by atoms with Gasteiger partial charge in [0.05, 0.1) is 12.3 Å². The van der Waals surface area contributed by atoms with Gasteiger partial charge in [-0.3, -0.25) is 4.98 Å². The molecule has 1 N–H and O–H groups in total. The molecule has 0 saturated carbocycles. The quantitative estimate of drug-likeness (QED) is 0.822. The summed E-state index contributed by atoms with van der Waals surface area (Å²) in [6, 6.07) is 3.89. The van der Waals surface area contributed by atoms with E-state index in [0.717, 1.165) is 9.26 Å². The van der Waals surface area contributed by atoms with Crippen molar-refractivity contribution in [3.8, 4) is 0 Å². The van der Waals surface area contributed by atoms with Crippen LogP contribution in [-0.4, -0.2) is 16.7 Å². The average molecular weight is 261 g/mol. The summed E-state index contributed by atoms with van der Waals surface area (Å²) >= 11 is 2.20. The van der Waals surface area contributed by atoms with Gasteiger partial charge in [0.2, 0.25) is 0 Å². The molecule has 0 aliphatic heterocycles. The van der Waals surface area contributed by atoms with Crippen molar-refractivity contribution in [3.05, 3.63) is 33.7 Å². The molecule has 0 bridgehead atoms. The van der Waals surface area contributed by atoms with Gasteiger partial charge in [-0.2, -0.15) is 0 Å². The Bertz CT molecular complexity index is 243. The molecule has 0 aromatic carbocycles. The SMILES string of the molecule is OCC=Cc1ccc(I)cn1. The van der Waals surface area contributed by atoms with Gasteiger partial charge in [0.25, 0.3) is 0 Å². The highest BCUT2D eigenvalue weighted by molar-refractivity contribution is 14.1. The number of aliphatic hydroxyl groups is 1. The lowest BCUT2D eigenvalue weighted by Crippen LogP contribution is -1.81. The highest BCUT2D eigenvalue weighted by Gasteiger charge is 1.86. The second-order valence-electron chi connectivity index (χ2n) is 1.99. The second-order valence-corrected chi connectivity index (χ2v) is 3.23. The predicted octanol–water partition coefficient (Wildman–Crippen LogP) is 1.69. The maximum Gasteiger partial charge on any atom is 0.0628 e. The van der Waals surface area contributed by atoms with Gasteiger partial charge >= 0.3 is 0 Å². The highest BCUT2D eigenvalue weighted by atomic mass is 127. The molecule has 0 unspecified atom stereocenters. The topological polar surface area (TPSA) is 33.1 Å². The van der Waals surface area contributed by atoms with Crippen LogP contribution in [0.2, 0.25) is 0 Å². The molecule has 1 aromatic rings. The molecular formula is C8H8INO. The maximum absolute atomic E-state index is 8.47. The van der Waals surface area contributed by atoms with E-state index in [1.807, 2.05) is 12.1 Å². The first kappa shape index (κ1) is 8.67. The molecular weight excluding hydrogens is 253 g/mol. The van der Waals surface area contributed by atoms with Crippen molar-refractivity contribution in [2.75, 3.05) is 6.61 Å². The van der Waals surface area contributed by atoms with Crippen molar-refractivity contribution in [2.45, 2.75) is 0 Å². The van der Waals surface area contributed by atoms with Gasteiger partial charge in [0, 0.05) is 9.77 Å². The maximum atomic E-state index is 8.47. The molecule has 2 nitrogen and oxygen atoms in total. The van der Waals surface area contributed by atoms with Gasteiger partial charge in [-0.25, -0.2) is 0 Å². The molecule has 0 fully saturated rings. The third kappa shape index (κ3) is 2.98. The van der Waals surface area contributed by atoms with Crippen LogP contribution in [0.15, 0.2) is 24.4 Å². The van der Waals surface area contributed by atoms with Crippen LogP contribution < -0.4 is 0 Å². The number of pyridine rings is 1. The number of aromatic nitrogens is 1. The van der Waals surface area contributed by atoms with Crippen molar-refractivity contribution in [1.29, 1.82) is 0 Å². The summed E-state index contributed by atoms with van der Waals surface area (Å²) in [6.07, 6.45) is 5.24. The summed E-state index contributed by atoms with van der Waals surface area (Å²) in [7, 11) is 0. The first-order valence-electron chi connectivity index (χ1n) is 3.22. The molecule has 58 valence electrons. The van der Waals surface area contributed by atoms with Gasteiger partial charge in [0.15, 0.2) is 0 Å². The number of hydrogen-bond donors (Lipinski definition) is 1. The van der Waals surface area contributed by atoms with Crippen LogP contribution in [0.1, 0.15) is 5.69 Å². The lowest BCUT2D eigenvalue weighted by atomic mass is 10.3. The number of rotatable bonds is 2. The minimum Gasteiger partial charge on any atom is -0.392 e. The Hall–Kier alpha value is -0.420. The van der Waals surface area contributed by atoms with Gasteiger partial charge in [0.1, 0.15) is 0 Å². The third-order valence-electron chi connectivity index (χ3n) is 1.14. The Morgan fingerprint density at radius 1 is 1.55 bits per heavy atom. The van der Waals surface area contributed by atoms with Crippen LogP contribution in [0.3, 0.4) is 0 Å². The van der Waals surface area contributed by atoms with E-state index in [2.05, 4.69) is 27.6 Å². The molecule has 1 rings (SSSR count). The summed E-state index contributed by atoms with van der Waals surface area (Å²) in [6.45, 7) is 0.0632. The Morgan fingerprint density at radius 2 is 2.36 bits per heavy atom. The fourth-order valence-electron chi connectivity index (χ4n) is 0.659. The molecule has 0 radical (unpaired) electrons. The second kappa shape index (κ2) is 4.46. The van der Waals surface area contributed by atoms with E-state index in [-0.39, 0.29) is 6.61 Å². The van der Waals surface area contributed by atoms with E-state index in [1.54, 1.807) is 18.3 Å². The number of aliphatic hydroxyl groups excluding tert-OH is 1. The number of halogens is 1. The van der Waals surface area contributed by atoms with E-state index in [9.17, 15) is 0 Å². The molecule has 1 heterocycles. The summed E-state index contributed by atoms with van der Waals surface area (Å²) < 4.78 is 1.11. The van der Waals surface area contributed by atoms with Crippen LogP contribution in [0.25, 0.3) is 6.08 Å². The zero-order valence-corrected chi connectivity index (χ0v) is 8.02. The van der Waals surface area contributed by atoms with E-state index < -0.39 is 0 Å². The largest absolute Gasteiger partial charge is 0.392 e. The molecule has 3 heteroatoms. The predicted molar refractivity (Wildman–Crippen MR) is 53.1 cm³/mol. The van der Waals surface area contributed by atoms with Crippen LogP contribution >= 0.6 is 22.6 Å². The Morgan fingerprint density at radius 3 is 2.91 bits per heavy atom. The Kier molecular flexibility index (Phi) is 3.51. The van der Waals surface area contributed by atoms with Crippen LogP contribution in [0.5, 0.6) is 0 Å². The fourth-order valence-corrected chi connectivity index (χ4v) is 0.978. The summed E-state index contributed by atoms with van der Waals surface area (Å²) in [5, 5.41) is 8.47. The molecule has 1 aromatic heterocycles. The van der Waals surface area contributed by atoms with Crippen molar-refractivity contribution in [3.63, 3.8) is 0 Å². The van der Waals surface area contributed by atoms with Gasteiger partial charge in [-0.15, -0.1) is 0 Å². The van der Waals surface area contributed by atoms with Crippen LogP contribution in [0, 0.1) is 3.57 Å². The molecule has 0 saturated heterocycles. The lowest BCUT2D eigenvalue weighted by molar-refractivity contribution is 0.343. The first-order chi connectivity index (χ1) is 5.33. The number of hydrogen-bond acceptors (Lipinski definition) is 2. The molecule has 0 aliphatic rings. The van der Waals surface area contributed by atoms with Gasteiger partial charge < -0.3 is 5.11 Å². The van der Waals surface area contributed by atoms with Crippen molar-refractivity contribution >= 4 is 28.7 Å². The minimum atomic E-state index is 0.0632. The van der Waals surface area contributed by atoms with Crippen molar-refractivity contribution in [2.24, 2.45) is 0 Å². The molecule has 0 amide bonds. The Labute approximate surface area is 79.1 Å². The van der Waals surface area contributed by atoms with Gasteiger partial charge in [-0.1, -0.05) is 6.08 Å². The molecule has 0 spiro atoms. The summed E-state index contributed by atoms with van der Waals surface area (Å²) in [5.41, 5.74) is 0.875. The standard InChI is InChI=1S/C8H8INO/c9-7-3-4-8(10-6-7)2-1-5-11/h1-4,6,11H,5H2. The van der Waals surface area contributed by atoms with Crippen molar-refractivity contribution < 1.29 is 5.11 Å². The first-order valence-corrected chi connectivity index (χ1v) is 4.30. The smallest absolute Gasteiger partial charge is 0.0628 e. The monoisotopic (exact) mass is 261 g/mol. The van der Waals surface area contributed by atoms with E-state index in [1.165, 1.54) is 0 Å². The normalized spacial score (nSPS) is 10.7. The minimum absolute atomic E-state index is 0.0632. The van der Waals surface area contributed by atoms with E-state index in [4.69, 9.17) is 5.11 Å². The third-order valence-corrected chi connectivity index (χ3v) is 1.78. The average Bonchev–Trinajstić information content (AvgIpc) is 2.04. The number of nitrogens with zero attached hydrogens (tertiary/aromatic N) is 1. The van der Waals surface area contributed by atoms with Crippen LogP contribution in [-0.2, 0) is 0 Å². The zero-order chi connectivity index (χ0) is 8.10. The van der Waals surface area contributed by atoms with E-state index in [0.29, 0.717) is 0 Å². The molecule has 11 heavy (non-hydrogen) atoms. The summed E-state index contributed by atoms with van der Waals surface area (Å²) in [4.78, 5) is 4.11. The highest BCUT2D eigenvalue weighted by Crippen LogP contribution is 2.03. The summed E-state index contributed by atoms with van der Waals surface area (Å²) in [5.74, 6) is 0. The Balaban J connectivity index is 2.73. The molecule has 0 atom stereocenters. The zero-order valence-electron chi connectivity index (χ0n) is 5.87. The lowest BCUT2D eigenvalue weighted by Gasteiger charge is -1.91. The fraction of sp³-hybridized carbons (Fsp3) is 0.125. The molecule has 0 aliphatic carbocycles. The van der Waals surface area contributed by atoms with Crippen LogP contribution in [0.4, 0.5) is 0 Å². The van der Waals surface area contributed by atoms with Crippen molar-refractivity contribution in [1.82, 2.24) is 4.98 Å². The van der Waals surface area contributed by atoms with Gasteiger partial charge in [-0.05, 0) is 40.8 Å². The van der Waals surface area contributed by atoms with E-state index >= 15 is 0 Å².